The van der Waals surface area contributed by atoms with Gasteiger partial charge in [-0.25, -0.2) is 14.5 Å². The van der Waals surface area contributed by atoms with Gasteiger partial charge < -0.3 is 10.6 Å². The molecule has 1 aliphatic rings. The van der Waals surface area contributed by atoms with Crippen LogP contribution in [0.15, 0.2) is 41.6 Å². The molecule has 2 N–H and O–H groups in total. The molecule has 23 heavy (non-hydrogen) atoms. The molecule has 122 valence electrons. The molecule has 0 aliphatic carbocycles. The zero-order chi connectivity index (χ0) is 16.1. The molecule has 3 rings (SSSR count). The smallest absolute Gasteiger partial charge is 0.315 e. The number of carbonyl (C=O) groups excluding carboxylic acids is 1. The molecule has 0 unspecified atom stereocenters. The number of amides is 2. The number of hydrogen-bond donors (Lipinski definition) is 2. The van der Waals surface area contributed by atoms with Crippen LogP contribution in [0.25, 0.3) is 0 Å². The van der Waals surface area contributed by atoms with Gasteiger partial charge in [0.1, 0.15) is 12.2 Å². The summed E-state index contributed by atoms with van der Waals surface area (Å²) in [6.07, 6.45) is 3.33. The first-order valence-electron chi connectivity index (χ1n) is 7.83. The van der Waals surface area contributed by atoms with E-state index >= 15 is 0 Å². The highest BCUT2D eigenvalue weighted by molar-refractivity contribution is 8.00. The van der Waals surface area contributed by atoms with Crippen molar-refractivity contribution in [3.63, 3.8) is 0 Å². The lowest BCUT2D eigenvalue weighted by molar-refractivity contribution is 0.232. The van der Waals surface area contributed by atoms with Crippen molar-refractivity contribution in [3.05, 3.63) is 42.5 Å². The number of fused-ring (bicyclic) bond motifs is 1. The van der Waals surface area contributed by atoms with Crippen LogP contribution in [0.3, 0.4) is 0 Å². The molecule has 0 saturated heterocycles. The van der Waals surface area contributed by atoms with E-state index in [1.54, 1.807) is 18.1 Å². The van der Waals surface area contributed by atoms with Gasteiger partial charge in [0, 0.05) is 23.1 Å². The molecular weight excluding hydrogens is 310 g/mol. The number of hydrogen-bond acceptors (Lipinski definition) is 4. The maximum atomic E-state index is 12.0. The van der Waals surface area contributed by atoms with Gasteiger partial charge in [-0.15, -0.1) is 11.8 Å². The Bertz CT molecular complexity index is 645. The number of urea groups is 1. The van der Waals surface area contributed by atoms with Crippen molar-refractivity contribution in [3.8, 4) is 0 Å². The van der Waals surface area contributed by atoms with Crippen LogP contribution >= 0.6 is 11.8 Å². The van der Waals surface area contributed by atoms with Crippen molar-refractivity contribution in [1.82, 2.24) is 25.4 Å². The van der Waals surface area contributed by atoms with Gasteiger partial charge in [0.2, 0.25) is 0 Å². The number of rotatable bonds is 5. The monoisotopic (exact) mass is 331 g/mol. The summed E-state index contributed by atoms with van der Waals surface area (Å²) in [5, 5.41) is 10.5. The molecule has 2 aromatic rings. The lowest BCUT2D eigenvalue weighted by Gasteiger charge is -2.24. The van der Waals surface area contributed by atoms with Gasteiger partial charge in [-0.1, -0.05) is 25.1 Å². The van der Waals surface area contributed by atoms with E-state index in [1.165, 1.54) is 4.90 Å². The molecule has 1 aliphatic heterocycles. The van der Waals surface area contributed by atoms with Gasteiger partial charge in [-0.3, -0.25) is 0 Å². The molecule has 2 heterocycles. The second kappa shape index (κ2) is 7.50. The van der Waals surface area contributed by atoms with Crippen LogP contribution in [-0.2, 0) is 13.0 Å². The maximum Gasteiger partial charge on any atom is 0.315 e. The molecule has 2 atom stereocenters. The third kappa shape index (κ3) is 4.48. The Labute approximate surface area is 140 Å². The Morgan fingerprint density at radius 3 is 3.09 bits per heavy atom. The summed E-state index contributed by atoms with van der Waals surface area (Å²) < 4.78 is 1.86. The fourth-order valence-corrected chi connectivity index (χ4v) is 3.55. The number of benzene rings is 1. The van der Waals surface area contributed by atoms with E-state index in [4.69, 9.17) is 0 Å². The zero-order valence-corrected chi connectivity index (χ0v) is 13.9. The Kier molecular flexibility index (Phi) is 5.17. The van der Waals surface area contributed by atoms with Gasteiger partial charge in [-0.05, 0) is 18.6 Å². The lowest BCUT2D eigenvalue weighted by atomic mass is 10.1. The minimum Gasteiger partial charge on any atom is -0.337 e. The first kappa shape index (κ1) is 15.9. The second-order valence-electron chi connectivity index (χ2n) is 5.69. The SMILES string of the molecule is C[C@H](CNC(=O)N[C@H]1CCc2ncnn2C1)Sc1ccccc1. The minimum absolute atomic E-state index is 0.112. The van der Waals surface area contributed by atoms with Crippen LogP contribution in [0.1, 0.15) is 19.2 Å². The third-order valence-electron chi connectivity index (χ3n) is 3.77. The van der Waals surface area contributed by atoms with Gasteiger partial charge >= 0.3 is 6.03 Å². The van der Waals surface area contributed by atoms with E-state index in [0.29, 0.717) is 18.3 Å². The van der Waals surface area contributed by atoms with E-state index in [0.717, 1.165) is 18.7 Å². The Hall–Kier alpha value is -2.02. The van der Waals surface area contributed by atoms with Crippen LogP contribution in [0.5, 0.6) is 0 Å². The molecule has 0 radical (unpaired) electrons. The first-order valence-corrected chi connectivity index (χ1v) is 8.71. The summed E-state index contributed by atoms with van der Waals surface area (Å²) in [5.41, 5.74) is 0. The Balaban J connectivity index is 1.40. The molecule has 2 amide bonds. The van der Waals surface area contributed by atoms with Crippen molar-refractivity contribution < 1.29 is 4.79 Å². The number of thioether (sulfide) groups is 1. The van der Waals surface area contributed by atoms with E-state index in [2.05, 4.69) is 39.8 Å². The van der Waals surface area contributed by atoms with E-state index in [9.17, 15) is 4.79 Å². The molecule has 1 aromatic carbocycles. The normalized spacial score (nSPS) is 18.0. The van der Waals surface area contributed by atoms with Crippen LogP contribution in [0.2, 0.25) is 0 Å². The Morgan fingerprint density at radius 2 is 2.26 bits per heavy atom. The number of nitrogens with one attached hydrogen (secondary N) is 2. The molecule has 0 bridgehead atoms. The predicted molar refractivity (Wildman–Crippen MR) is 90.4 cm³/mol. The van der Waals surface area contributed by atoms with Crippen LogP contribution in [0.4, 0.5) is 4.79 Å². The summed E-state index contributed by atoms with van der Waals surface area (Å²) >= 11 is 1.76. The molecule has 0 fully saturated rings. The maximum absolute atomic E-state index is 12.0. The number of aryl methyl sites for hydroxylation is 1. The highest BCUT2D eigenvalue weighted by Crippen LogP contribution is 2.21. The summed E-state index contributed by atoms with van der Waals surface area (Å²) in [7, 11) is 0. The molecule has 7 heteroatoms. The van der Waals surface area contributed by atoms with Crippen molar-refractivity contribution >= 4 is 17.8 Å². The molecule has 6 nitrogen and oxygen atoms in total. The average molecular weight is 331 g/mol. The topological polar surface area (TPSA) is 71.8 Å². The van der Waals surface area contributed by atoms with Crippen LogP contribution < -0.4 is 10.6 Å². The van der Waals surface area contributed by atoms with Crippen LogP contribution in [0, 0.1) is 0 Å². The molecule has 0 spiro atoms. The lowest BCUT2D eigenvalue weighted by Crippen LogP contribution is -2.47. The molecule has 0 saturated carbocycles. The Morgan fingerprint density at radius 1 is 1.43 bits per heavy atom. The highest BCUT2D eigenvalue weighted by atomic mass is 32.2. The molecule has 1 aromatic heterocycles. The van der Waals surface area contributed by atoms with Gasteiger partial charge in [0.15, 0.2) is 0 Å². The largest absolute Gasteiger partial charge is 0.337 e. The van der Waals surface area contributed by atoms with Gasteiger partial charge in [0.05, 0.1) is 12.6 Å². The average Bonchev–Trinajstić information content (AvgIpc) is 3.01. The standard InChI is InChI=1S/C16H21N5OS/c1-12(23-14-5-3-2-4-6-14)9-17-16(22)20-13-7-8-15-18-11-19-21(15)10-13/h2-6,11-13H,7-10H2,1H3,(H2,17,20,22)/t12-,13+/m1/s1. The predicted octanol–water partition coefficient (Wildman–Crippen LogP) is 2.07. The first-order chi connectivity index (χ1) is 11.2. The fraction of sp³-hybridized carbons (Fsp3) is 0.438. The van der Waals surface area contributed by atoms with Crippen molar-refractivity contribution in [2.75, 3.05) is 6.54 Å². The quantitative estimate of drug-likeness (QED) is 0.823. The van der Waals surface area contributed by atoms with E-state index in [-0.39, 0.29) is 12.1 Å². The number of aromatic nitrogens is 3. The number of nitrogens with zero attached hydrogens (tertiary/aromatic N) is 3. The van der Waals surface area contributed by atoms with Crippen molar-refractivity contribution in [2.24, 2.45) is 0 Å². The summed E-state index contributed by atoms with van der Waals surface area (Å²) in [5.74, 6) is 0.997. The number of carbonyl (C=O) groups is 1. The van der Waals surface area contributed by atoms with E-state index in [1.807, 2.05) is 22.9 Å². The minimum atomic E-state index is -0.112. The fourth-order valence-electron chi connectivity index (χ4n) is 2.60. The molecular formula is C16H21N5OS. The van der Waals surface area contributed by atoms with E-state index < -0.39 is 0 Å². The van der Waals surface area contributed by atoms with Crippen molar-refractivity contribution in [2.45, 2.75) is 42.5 Å². The van der Waals surface area contributed by atoms with Crippen molar-refractivity contribution in [1.29, 1.82) is 0 Å². The summed E-state index contributed by atoms with van der Waals surface area (Å²) in [6, 6.07) is 10.2. The second-order valence-corrected chi connectivity index (χ2v) is 7.20. The van der Waals surface area contributed by atoms with Gasteiger partial charge in [-0.2, -0.15) is 5.10 Å². The van der Waals surface area contributed by atoms with Crippen LogP contribution in [-0.4, -0.2) is 38.6 Å². The van der Waals surface area contributed by atoms with Gasteiger partial charge in [0.25, 0.3) is 0 Å². The highest BCUT2D eigenvalue weighted by Gasteiger charge is 2.21. The zero-order valence-electron chi connectivity index (χ0n) is 13.1. The summed E-state index contributed by atoms with van der Waals surface area (Å²) in [6.45, 7) is 3.43. The summed E-state index contributed by atoms with van der Waals surface area (Å²) in [4.78, 5) is 17.4. The third-order valence-corrected chi connectivity index (χ3v) is 4.88.